The van der Waals surface area contributed by atoms with Crippen molar-refractivity contribution in [3.63, 3.8) is 0 Å². The van der Waals surface area contributed by atoms with Crippen molar-refractivity contribution < 1.29 is 14.0 Å². The molecule has 0 aliphatic carbocycles. The van der Waals surface area contributed by atoms with Gasteiger partial charge in [-0.1, -0.05) is 19.1 Å². The van der Waals surface area contributed by atoms with Gasteiger partial charge in [-0.15, -0.1) is 0 Å². The van der Waals surface area contributed by atoms with Gasteiger partial charge < -0.3 is 4.42 Å². The fraction of sp³-hybridized carbons (Fsp3) is 0.167. The normalized spacial score (nSPS) is 16.7. The van der Waals surface area contributed by atoms with Gasteiger partial charge >= 0.3 is 0 Å². The van der Waals surface area contributed by atoms with Crippen LogP contribution >= 0.6 is 12.2 Å². The molecule has 1 N–H and O–H groups in total. The minimum atomic E-state index is -0.527. The average Bonchev–Trinajstić information content (AvgIpc) is 2.97. The average molecular weight is 340 g/mol. The van der Waals surface area contributed by atoms with Crippen LogP contribution in [0.2, 0.25) is 0 Å². The number of aryl methyl sites for hydroxylation is 2. The van der Waals surface area contributed by atoms with Crippen LogP contribution in [0.1, 0.15) is 24.0 Å². The van der Waals surface area contributed by atoms with Crippen molar-refractivity contribution in [1.29, 1.82) is 0 Å². The van der Waals surface area contributed by atoms with Gasteiger partial charge in [-0.2, -0.15) is 0 Å². The number of thiocarbonyl (C=S) groups is 1. The summed E-state index contributed by atoms with van der Waals surface area (Å²) in [4.78, 5) is 26.2. The minimum Gasteiger partial charge on any atom is -0.462 e. The Morgan fingerprint density at radius 1 is 1.17 bits per heavy atom. The summed E-state index contributed by atoms with van der Waals surface area (Å²) in [6.07, 6.45) is 2.33. The lowest BCUT2D eigenvalue weighted by Gasteiger charge is -2.28. The Hall–Kier alpha value is -2.73. The Morgan fingerprint density at radius 3 is 2.46 bits per heavy atom. The molecular weight excluding hydrogens is 324 g/mol. The van der Waals surface area contributed by atoms with Crippen molar-refractivity contribution in [2.45, 2.75) is 20.3 Å². The first kappa shape index (κ1) is 16.1. The van der Waals surface area contributed by atoms with Gasteiger partial charge in [-0.3, -0.25) is 19.8 Å². The van der Waals surface area contributed by atoms with Gasteiger partial charge in [0.2, 0.25) is 0 Å². The molecule has 1 aromatic heterocycles. The Bertz CT molecular complexity index is 849. The highest BCUT2D eigenvalue weighted by atomic mass is 32.1. The lowest BCUT2D eigenvalue weighted by molar-refractivity contribution is -0.122. The molecular formula is C18H16N2O3S. The second-order valence-corrected chi connectivity index (χ2v) is 5.81. The summed E-state index contributed by atoms with van der Waals surface area (Å²) < 4.78 is 5.42. The molecule has 0 unspecified atom stereocenters. The van der Waals surface area contributed by atoms with Crippen LogP contribution in [0, 0.1) is 6.92 Å². The second-order valence-electron chi connectivity index (χ2n) is 5.43. The number of anilines is 1. The zero-order valence-corrected chi connectivity index (χ0v) is 14.1. The molecule has 3 rings (SSSR count). The van der Waals surface area contributed by atoms with Crippen LogP contribution in [0.5, 0.6) is 0 Å². The van der Waals surface area contributed by atoms with Crippen LogP contribution in [0.15, 0.2) is 46.4 Å². The number of carbonyl (C=O) groups excluding carboxylic acids is 2. The maximum atomic E-state index is 12.8. The fourth-order valence-electron chi connectivity index (χ4n) is 2.45. The van der Waals surface area contributed by atoms with Gasteiger partial charge in [0.05, 0.1) is 5.69 Å². The zero-order chi connectivity index (χ0) is 17.3. The third kappa shape index (κ3) is 3.00. The Kier molecular flexibility index (Phi) is 4.31. The number of furan rings is 1. The lowest BCUT2D eigenvalue weighted by Crippen LogP contribution is -2.54. The molecule has 1 fully saturated rings. The molecule has 24 heavy (non-hydrogen) atoms. The first-order valence-corrected chi connectivity index (χ1v) is 7.97. The molecule has 5 nitrogen and oxygen atoms in total. The van der Waals surface area contributed by atoms with Crippen molar-refractivity contribution in [2.75, 3.05) is 4.90 Å². The highest BCUT2D eigenvalue weighted by Crippen LogP contribution is 2.23. The molecule has 0 saturated carbocycles. The number of amides is 2. The Balaban J connectivity index is 1.97. The molecule has 2 aromatic rings. The van der Waals surface area contributed by atoms with Crippen LogP contribution in [0.3, 0.4) is 0 Å². The fourth-order valence-corrected chi connectivity index (χ4v) is 2.73. The largest absolute Gasteiger partial charge is 0.462 e. The molecule has 122 valence electrons. The third-order valence-corrected chi connectivity index (χ3v) is 4.04. The molecule has 1 aliphatic rings. The Morgan fingerprint density at radius 2 is 1.88 bits per heavy atom. The molecule has 0 radical (unpaired) electrons. The van der Waals surface area contributed by atoms with Gasteiger partial charge in [0.25, 0.3) is 11.8 Å². The van der Waals surface area contributed by atoms with Gasteiger partial charge in [0.1, 0.15) is 17.1 Å². The summed E-state index contributed by atoms with van der Waals surface area (Å²) in [5.41, 5.74) is 1.75. The molecule has 0 spiro atoms. The van der Waals surface area contributed by atoms with Crippen molar-refractivity contribution in [3.8, 4) is 0 Å². The lowest BCUT2D eigenvalue weighted by atomic mass is 10.1. The second kappa shape index (κ2) is 6.41. The Labute approximate surface area is 144 Å². The van der Waals surface area contributed by atoms with Crippen molar-refractivity contribution >= 4 is 40.9 Å². The van der Waals surface area contributed by atoms with E-state index < -0.39 is 11.8 Å². The van der Waals surface area contributed by atoms with E-state index in [1.807, 2.05) is 24.3 Å². The van der Waals surface area contributed by atoms with Crippen LogP contribution in [-0.4, -0.2) is 16.9 Å². The van der Waals surface area contributed by atoms with Crippen molar-refractivity contribution in [2.24, 2.45) is 0 Å². The first-order chi connectivity index (χ1) is 11.5. The predicted molar refractivity (Wildman–Crippen MR) is 95.5 cm³/mol. The van der Waals surface area contributed by atoms with E-state index in [0.29, 0.717) is 17.2 Å². The summed E-state index contributed by atoms with van der Waals surface area (Å²) >= 11 is 5.17. The standard InChI is InChI=1S/C18H16N2O3S/c1-3-12-5-7-13(8-6-12)20-17(22)15(16(21)19-18(20)24)10-14-9-4-11(2)23-14/h4-10H,3H2,1-2H3,(H,19,21,24). The van der Waals surface area contributed by atoms with E-state index in [9.17, 15) is 9.59 Å². The molecule has 2 heterocycles. The number of benzene rings is 1. The van der Waals surface area contributed by atoms with Crippen LogP contribution in [0.25, 0.3) is 6.08 Å². The van der Waals surface area contributed by atoms with Gasteiger partial charge in [0, 0.05) is 0 Å². The predicted octanol–water partition coefficient (Wildman–Crippen LogP) is 2.98. The topological polar surface area (TPSA) is 62.6 Å². The molecule has 6 heteroatoms. The van der Waals surface area contributed by atoms with Crippen molar-refractivity contribution in [1.82, 2.24) is 5.32 Å². The molecule has 1 aromatic carbocycles. The monoisotopic (exact) mass is 340 g/mol. The minimum absolute atomic E-state index is 0.0162. The van der Waals surface area contributed by atoms with E-state index in [0.717, 1.165) is 12.0 Å². The van der Waals surface area contributed by atoms with E-state index in [4.69, 9.17) is 16.6 Å². The summed E-state index contributed by atoms with van der Waals surface area (Å²) in [5.74, 6) is 0.149. The maximum Gasteiger partial charge on any atom is 0.270 e. The molecule has 1 saturated heterocycles. The number of nitrogens with zero attached hydrogens (tertiary/aromatic N) is 1. The van der Waals surface area contributed by atoms with Crippen molar-refractivity contribution in [3.05, 3.63) is 59.1 Å². The number of carbonyl (C=O) groups is 2. The molecule has 0 bridgehead atoms. The quantitative estimate of drug-likeness (QED) is 0.530. The SMILES string of the molecule is CCc1ccc(N2C(=O)C(=Cc3ccc(C)o3)C(=O)NC2=S)cc1. The highest BCUT2D eigenvalue weighted by Gasteiger charge is 2.34. The molecule has 0 atom stereocenters. The van der Waals surface area contributed by atoms with E-state index in [1.165, 1.54) is 11.0 Å². The van der Waals surface area contributed by atoms with Crippen LogP contribution in [0.4, 0.5) is 5.69 Å². The summed E-state index contributed by atoms with van der Waals surface area (Å²) in [6.45, 7) is 3.85. The van der Waals surface area contributed by atoms with E-state index in [1.54, 1.807) is 19.1 Å². The van der Waals surface area contributed by atoms with Gasteiger partial charge in [-0.05, 0) is 61.5 Å². The molecule has 1 aliphatic heterocycles. The molecule has 2 amide bonds. The number of hydrogen-bond donors (Lipinski definition) is 1. The van der Waals surface area contributed by atoms with Crippen LogP contribution in [-0.2, 0) is 16.0 Å². The summed E-state index contributed by atoms with van der Waals surface area (Å²) in [5, 5.41) is 2.62. The van der Waals surface area contributed by atoms with E-state index in [-0.39, 0.29) is 10.7 Å². The van der Waals surface area contributed by atoms with E-state index in [2.05, 4.69) is 12.2 Å². The van der Waals surface area contributed by atoms with E-state index >= 15 is 0 Å². The summed E-state index contributed by atoms with van der Waals surface area (Å²) in [6, 6.07) is 11.0. The summed E-state index contributed by atoms with van der Waals surface area (Å²) in [7, 11) is 0. The van der Waals surface area contributed by atoms with Crippen LogP contribution < -0.4 is 10.2 Å². The first-order valence-electron chi connectivity index (χ1n) is 7.56. The number of hydrogen-bond acceptors (Lipinski definition) is 4. The maximum absolute atomic E-state index is 12.8. The van der Waals surface area contributed by atoms with Gasteiger partial charge in [0.15, 0.2) is 5.11 Å². The number of rotatable bonds is 3. The smallest absolute Gasteiger partial charge is 0.270 e. The highest BCUT2D eigenvalue weighted by molar-refractivity contribution is 7.80. The third-order valence-electron chi connectivity index (χ3n) is 3.75. The number of nitrogens with one attached hydrogen (secondary N) is 1. The zero-order valence-electron chi connectivity index (χ0n) is 13.3. The van der Waals surface area contributed by atoms with Gasteiger partial charge in [-0.25, -0.2) is 0 Å².